The van der Waals surface area contributed by atoms with Crippen LogP contribution in [-0.4, -0.2) is 24.0 Å². The van der Waals surface area contributed by atoms with Gasteiger partial charge >= 0.3 is 0 Å². The molecule has 4 nitrogen and oxygen atoms in total. The molecule has 2 rings (SSSR count). The van der Waals surface area contributed by atoms with Crippen molar-refractivity contribution in [3.63, 3.8) is 0 Å². The molecule has 0 atom stereocenters. The minimum absolute atomic E-state index is 0.612. The summed E-state index contributed by atoms with van der Waals surface area (Å²) >= 11 is 7.63. The minimum atomic E-state index is 0.612. The fourth-order valence-corrected chi connectivity index (χ4v) is 2.96. The van der Waals surface area contributed by atoms with Crippen LogP contribution in [0.5, 0.6) is 0 Å². The van der Waals surface area contributed by atoms with Crippen molar-refractivity contribution in [2.45, 2.75) is 33.2 Å². The lowest BCUT2D eigenvalue weighted by atomic mass is 10.1. The van der Waals surface area contributed by atoms with E-state index in [2.05, 4.69) is 46.6 Å². The van der Waals surface area contributed by atoms with Crippen LogP contribution in [0.3, 0.4) is 0 Å². The molecule has 0 aliphatic heterocycles. The van der Waals surface area contributed by atoms with Crippen LogP contribution in [0.2, 0.25) is 5.02 Å². The highest BCUT2D eigenvalue weighted by Gasteiger charge is 2.02. The Morgan fingerprint density at radius 2 is 2.00 bits per heavy atom. The van der Waals surface area contributed by atoms with Gasteiger partial charge in [-0.15, -0.1) is 11.3 Å². The van der Waals surface area contributed by atoms with E-state index in [1.54, 1.807) is 11.3 Å². The third-order valence-electron chi connectivity index (χ3n) is 3.29. The molecule has 6 heteroatoms. The van der Waals surface area contributed by atoms with Crippen molar-refractivity contribution in [2.24, 2.45) is 4.99 Å². The Morgan fingerprint density at radius 3 is 2.65 bits per heavy atom. The van der Waals surface area contributed by atoms with Gasteiger partial charge < -0.3 is 10.6 Å². The first-order chi connectivity index (χ1) is 11.2. The molecular formula is C17H23ClN4S. The zero-order valence-corrected chi connectivity index (χ0v) is 15.2. The molecule has 2 aromatic rings. The second-order valence-corrected chi connectivity index (χ2v) is 6.71. The van der Waals surface area contributed by atoms with Crippen LogP contribution in [0.4, 0.5) is 0 Å². The van der Waals surface area contributed by atoms with Crippen LogP contribution in [0, 0.1) is 0 Å². The Balaban J connectivity index is 1.84. The molecular weight excluding hydrogens is 328 g/mol. The van der Waals surface area contributed by atoms with Crippen molar-refractivity contribution in [1.29, 1.82) is 0 Å². The Labute approximate surface area is 147 Å². The smallest absolute Gasteiger partial charge is 0.191 e. The van der Waals surface area contributed by atoms with Gasteiger partial charge in [-0.1, -0.05) is 30.7 Å². The lowest BCUT2D eigenvalue weighted by molar-refractivity contribution is 0.799. The van der Waals surface area contributed by atoms with Gasteiger partial charge in [-0.05, 0) is 37.5 Å². The van der Waals surface area contributed by atoms with Crippen molar-refractivity contribution >= 4 is 28.9 Å². The van der Waals surface area contributed by atoms with Crippen molar-refractivity contribution in [2.75, 3.05) is 13.1 Å². The monoisotopic (exact) mass is 350 g/mol. The SMILES string of the molecule is CCNC(=NCc1ncc(CC)s1)NCCc1ccc(Cl)cc1. The lowest BCUT2D eigenvalue weighted by Gasteiger charge is -2.11. The number of rotatable bonds is 7. The predicted octanol–water partition coefficient (Wildman–Crippen LogP) is 3.66. The van der Waals surface area contributed by atoms with Crippen molar-refractivity contribution < 1.29 is 0 Å². The van der Waals surface area contributed by atoms with E-state index in [1.165, 1.54) is 10.4 Å². The molecule has 0 unspecified atom stereocenters. The summed E-state index contributed by atoms with van der Waals surface area (Å²) in [5, 5.41) is 8.44. The van der Waals surface area contributed by atoms with Gasteiger partial charge in [0.2, 0.25) is 0 Å². The fourth-order valence-electron chi connectivity index (χ4n) is 2.05. The molecule has 0 bridgehead atoms. The topological polar surface area (TPSA) is 49.3 Å². The van der Waals surface area contributed by atoms with Crippen LogP contribution in [-0.2, 0) is 19.4 Å². The maximum atomic E-state index is 5.90. The zero-order chi connectivity index (χ0) is 16.5. The van der Waals surface area contributed by atoms with Gasteiger partial charge in [0.15, 0.2) is 5.96 Å². The van der Waals surface area contributed by atoms with E-state index in [9.17, 15) is 0 Å². The average molecular weight is 351 g/mol. The molecule has 23 heavy (non-hydrogen) atoms. The van der Waals surface area contributed by atoms with E-state index < -0.39 is 0 Å². The van der Waals surface area contributed by atoms with E-state index in [0.29, 0.717) is 6.54 Å². The van der Waals surface area contributed by atoms with Crippen LogP contribution in [0.25, 0.3) is 0 Å². The number of guanidine groups is 1. The summed E-state index contributed by atoms with van der Waals surface area (Å²) in [6.45, 7) is 6.48. The standard InChI is InChI=1S/C17H23ClN4S/c1-3-15-11-21-16(23-15)12-22-17(19-4-2)20-10-9-13-5-7-14(18)8-6-13/h5-8,11H,3-4,9-10,12H2,1-2H3,(H2,19,20,22). The van der Waals surface area contributed by atoms with Gasteiger partial charge in [-0.3, -0.25) is 0 Å². The number of nitrogens with zero attached hydrogens (tertiary/aromatic N) is 2. The number of hydrogen-bond acceptors (Lipinski definition) is 3. The van der Waals surface area contributed by atoms with Gasteiger partial charge in [0, 0.05) is 29.2 Å². The number of benzene rings is 1. The molecule has 0 saturated heterocycles. The highest BCUT2D eigenvalue weighted by atomic mass is 35.5. The van der Waals surface area contributed by atoms with E-state index >= 15 is 0 Å². The highest BCUT2D eigenvalue weighted by Crippen LogP contribution is 2.14. The first kappa shape index (κ1) is 17.8. The summed E-state index contributed by atoms with van der Waals surface area (Å²) < 4.78 is 0. The Kier molecular flexibility index (Phi) is 7.36. The van der Waals surface area contributed by atoms with Gasteiger partial charge in [0.1, 0.15) is 5.01 Å². The first-order valence-electron chi connectivity index (χ1n) is 7.91. The molecule has 0 radical (unpaired) electrons. The van der Waals surface area contributed by atoms with Crippen LogP contribution >= 0.6 is 22.9 Å². The van der Waals surface area contributed by atoms with Gasteiger partial charge in [-0.25, -0.2) is 9.98 Å². The largest absolute Gasteiger partial charge is 0.357 e. The first-order valence-corrected chi connectivity index (χ1v) is 9.11. The van der Waals surface area contributed by atoms with Crippen molar-refractivity contribution in [3.05, 3.63) is 50.9 Å². The second-order valence-electron chi connectivity index (χ2n) is 5.07. The van der Waals surface area contributed by atoms with Crippen molar-refractivity contribution in [1.82, 2.24) is 15.6 Å². The molecule has 0 saturated carbocycles. The molecule has 1 heterocycles. The molecule has 0 amide bonds. The predicted molar refractivity (Wildman–Crippen MR) is 99.5 cm³/mol. The Bertz CT molecular complexity index is 622. The Morgan fingerprint density at radius 1 is 1.22 bits per heavy atom. The normalized spacial score (nSPS) is 11.5. The van der Waals surface area contributed by atoms with Crippen molar-refractivity contribution in [3.8, 4) is 0 Å². The van der Waals surface area contributed by atoms with Crippen LogP contribution in [0.1, 0.15) is 29.3 Å². The van der Waals surface area contributed by atoms with E-state index in [0.717, 1.165) is 41.9 Å². The molecule has 0 aliphatic carbocycles. The molecule has 124 valence electrons. The number of aromatic nitrogens is 1. The molecule has 0 spiro atoms. The maximum absolute atomic E-state index is 5.90. The van der Waals surface area contributed by atoms with Gasteiger partial charge in [0.25, 0.3) is 0 Å². The minimum Gasteiger partial charge on any atom is -0.357 e. The number of thiazole rings is 1. The molecule has 1 aromatic carbocycles. The highest BCUT2D eigenvalue weighted by molar-refractivity contribution is 7.11. The average Bonchev–Trinajstić information content (AvgIpc) is 3.02. The van der Waals surface area contributed by atoms with E-state index in [-0.39, 0.29) is 0 Å². The van der Waals surface area contributed by atoms with Crippen LogP contribution < -0.4 is 10.6 Å². The van der Waals surface area contributed by atoms with Gasteiger partial charge in [-0.2, -0.15) is 0 Å². The third kappa shape index (κ3) is 6.20. The molecule has 1 aromatic heterocycles. The number of hydrogen-bond donors (Lipinski definition) is 2. The quantitative estimate of drug-likeness (QED) is 0.592. The summed E-state index contributed by atoms with van der Waals surface area (Å²) in [6, 6.07) is 7.94. The van der Waals surface area contributed by atoms with Crippen LogP contribution in [0.15, 0.2) is 35.5 Å². The van der Waals surface area contributed by atoms with Gasteiger partial charge in [0.05, 0.1) is 6.54 Å². The number of aryl methyl sites for hydroxylation is 1. The fraction of sp³-hybridized carbons (Fsp3) is 0.412. The molecule has 2 N–H and O–H groups in total. The summed E-state index contributed by atoms with van der Waals surface area (Å²) in [5.41, 5.74) is 1.25. The summed E-state index contributed by atoms with van der Waals surface area (Å²) in [4.78, 5) is 10.3. The summed E-state index contributed by atoms with van der Waals surface area (Å²) in [6.07, 6.45) is 3.90. The second kappa shape index (κ2) is 9.53. The number of halogens is 1. The molecule has 0 aliphatic rings. The third-order valence-corrected chi connectivity index (χ3v) is 4.66. The van der Waals surface area contributed by atoms with E-state index in [4.69, 9.17) is 11.6 Å². The summed E-state index contributed by atoms with van der Waals surface area (Å²) in [5.74, 6) is 0.828. The zero-order valence-electron chi connectivity index (χ0n) is 13.6. The number of aliphatic imine (C=N–C) groups is 1. The van der Waals surface area contributed by atoms with E-state index in [1.807, 2.05) is 18.3 Å². The molecule has 0 fully saturated rings. The Hall–Kier alpha value is -1.59. The maximum Gasteiger partial charge on any atom is 0.191 e. The summed E-state index contributed by atoms with van der Waals surface area (Å²) in [7, 11) is 0. The lowest BCUT2D eigenvalue weighted by Crippen LogP contribution is -2.38. The number of nitrogens with one attached hydrogen (secondary N) is 2.